The van der Waals surface area contributed by atoms with E-state index >= 15 is 0 Å². The molecule has 1 aromatic rings. The Labute approximate surface area is 82.0 Å². The maximum absolute atomic E-state index is 8.69. The van der Waals surface area contributed by atoms with Gasteiger partial charge in [0.15, 0.2) is 11.8 Å². The second-order valence-electron chi connectivity index (χ2n) is 2.56. The Morgan fingerprint density at radius 1 is 1.71 bits per heavy atom. The molecule has 1 heterocycles. The van der Waals surface area contributed by atoms with Crippen molar-refractivity contribution < 1.29 is 9.15 Å². The van der Waals surface area contributed by atoms with Crippen molar-refractivity contribution in [2.24, 2.45) is 4.99 Å². The minimum absolute atomic E-state index is 0.182. The Morgan fingerprint density at radius 2 is 2.43 bits per heavy atom. The molecule has 0 unspecified atom stereocenters. The summed E-state index contributed by atoms with van der Waals surface area (Å²) in [5, 5.41) is 8.69. The van der Waals surface area contributed by atoms with Gasteiger partial charge < -0.3 is 9.15 Å². The Hall–Kier alpha value is -1.83. The molecule has 0 spiro atoms. The molecular weight excluding hydrogens is 182 g/mol. The first-order valence-electron chi connectivity index (χ1n) is 4.23. The van der Waals surface area contributed by atoms with Gasteiger partial charge in [-0.2, -0.15) is 10.3 Å². The lowest BCUT2D eigenvalue weighted by Gasteiger charge is -1.98. The fraction of sp³-hybridized carbons (Fsp3) is 0.444. The average molecular weight is 193 g/mol. The van der Waals surface area contributed by atoms with Crippen LogP contribution >= 0.6 is 0 Å². The van der Waals surface area contributed by atoms with Crippen molar-refractivity contribution in [3.8, 4) is 6.07 Å². The number of nitrogens with zero attached hydrogens (tertiary/aromatic N) is 3. The van der Waals surface area contributed by atoms with Crippen LogP contribution in [0.2, 0.25) is 0 Å². The second kappa shape index (κ2) is 4.42. The van der Waals surface area contributed by atoms with Gasteiger partial charge >= 0.3 is 0 Å². The summed E-state index contributed by atoms with van der Waals surface area (Å²) in [5.74, 6) is 1.08. The number of nitriles is 1. The minimum Gasteiger partial charge on any atom is -0.481 e. The summed E-state index contributed by atoms with van der Waals surface area (Å²) >= 11 is 0. The third-order valence-corrected chi connectivity index (χ3v) is 1.43. The molecule has 74 valence electrons. The number of aromatic nitrogens is 1. The maximum atomic E-state index is 8.69. The average Bonchev–Trinajstić information content (AvgIpc) is 2.46. The fourth-order valence-corrected chi connectivity index (χ4v) is 0.949. The zero-order valence-electron chi connectivity index (χ0n) is 8.37. The van der Waals surface area contributed by atoms with E-state index in [-0.39, 0.29) is 11.6 Å². The number of hydrogen-bond acceptors (Lipinski definition) is 5. The number of aryl methyl sites for hydroxylation is 1. The van der Waals surface area contributed by atoms with Crippen LogP contribution in [-0.2, 0) is 4.74 Å². The van der Waals surface area contributed by atoms with Crippen molar-refractivity contribution in [3.05, 3.63) is 11.6 Å². The van der Waals surface area contributed by atoms with E-state index in [4.69, 9.17) is 14.4 Å². The molecule has 0 bridgehead atoms. The van der Waals surface area contributed by atoms with Gasteiger partial charge in [-0.15, -0.1) is 0 Å². The first-order valence-corrected chi connectivity index (χ1v) is 4.23. The van der Waals surface area contributed by atoms with E-state index in [1.54, 1.807) is 13.8 Å². The van der Waals surface area contributed by atoms with Crippen molar-refractivity contribution in [3.63, 3.8) is 0 Å². The molecule has 0 N–H and O–H groups in total. The Morgan fingerprint density at radius 3 is 3.00 bits per heavy atom. The van der Waals surface area contributed by atoms with Crippen LogP contribution < -0.4 is 0 Å². The first-order chi connectivity index (χ1) is 6.67. The van der Waals surface area contributed by atoms with E-state index in [0.717, 1.165) is 0 Å². The SMILES string of the molecule is CCOC(C)=Nc1oc(C)nc1C#N. The molecular formula is C9H11N3O2. The third-order valence-electron chi connectivity index (χ3n) is 1.43. The fourth-order valence-electron chi connectivity index (χ4n) is 0.949. The molecule has 0 aliphatic carbocycles. The van der Waals surface area contributed by atoms with Gasteiger partial charge in [-0.3, -0.25) is 0 Å². The summed E-state index contributed by atoms with van der Waals surface area (Å²) in [6, 6.07) is 1.90. The monoisotopic (exact) mass is 193 g/mol. The highest BCUT2D eigenvalue weighted by atomic mass is 16.5. The molecule has 0 radical (unpaired) electrons. The van der Waals surface area contributed by atoms with Gasteiger partial charge in [-0.25, -0.2) is 4.98 Å². The van der Waals surface area contributed by atoms with Gasteiger partial charge in [0.2, 0.25) is 5.69 Å². The van der Waals surface area contributed by atoms with Crippen LogP contribution in [0, 0.1) is 18.3 Å². The van der Waals surface area contributed by atoms with Crippen LogP contribution in [0.4, 0.5) is 5.88 Å². The summed E-state index contributed by atoms with van der Waals surface area (Å²) in [6.07, 6.45) is 0. The number of oxazole rings is 1. The molecule has 14 heavy (non-hydrogen) atoms. The van der Waals surface area contributed by atoms with Crippen molar-refractivity contribution in [2.75, 3.05) is 6.61 Å². The predicted octanol–water partition coefficient (Wildman–Crippen LogP) is 1.94. The van der Waals surface area contributed by atoms with Crippen molar-refractivity contribution in [1.29, 1.82) is 5.26 Å². The summed E-state index contributed by atoms with van der Waals surface area (Å²) in [4.78, 5) is 7.84. The lowest BCUT2D eigenvalue weighted by atomic mass is 10.5. The summed E-state index contributed by atoms with van der Waals surface area (Å²) in [7, 11) is 0. The molecule has 0 saturated carbocycles. The van der Waals surface area contributed by atoms with E-state index in [1.807, 2.05) is 13.0 Å². The van der Waals surface area contributed by atoms with E-state index < -0.39 is 0 Å². The molecule has 0 aliphatic rings. The van der Waals surface area contributed by atoms with Gasteiger partial charge in [0.1, 0.15) is 6.07 Å². The Balaban J connectivity index is 2.96. The molecule has 0 fully saturated rings. The number of hydrogen-bond donors (Lipinski definition) is 0. The van der Waals surface area contributed by atoms with Gasteiger partial charge in [0, 0.05) is 13.8 Å². The van der Waals surface area contributed by atoms with Crippen molar-refractivity contribution in [1.82, 2.24) is 4.98 Å². The van der Waals surface area contributed by atoms with E-state index in [1.165, 1.54) is 0 Å². The van der Waals surface area contributed by atoms with Crippen LogP contribution in [0.1, 0.15) is 25.4 Å². The molecule has 0 atom stereocenters. The first kappa shape index (κ1) is 10.3. The molecule has 0 aliphatic heterocycles. The normalized spacial score (nSPS) is 11.1. The molecule has 1 rings (SSSR count). The minimum atomic E-state index is 0.182. The Bertz CT molecular complexity index is 387. The quantitative estimate of drug-likeness (QED) is 0.531. The smallest absolute Gasteiger partial charge is 0.260 e. The van der Waals surface area contributed by atoms with Crippen molar-refractivity contribution in [2.45, 2.75) is 20.8 Å². The topological polar surface area (TPSA) is 71.4 Å². The van der Waals surface area contributed by atoms with Crippen molar-refractivity contribution >= 4 is 11.8 Å². The number of ether oxygens (including phenoxy) is 1. The highest BCUT2D eigenvalue weighted by Gasteiger charge is 2.09. The second-order valence-corrected chi connectivity index (χ2v) is 2.56. The highest BCUT2D eigenvalue weighted by Crippen LogP contribution is 2.19. The zero-order valence-corrected chi connectivity index (χ0v) is 8.37. The van der Waals surface area contributed by atoms with Gasteiger partial charge in [-0.05, 0) is 6.92 Å². The molecule has 5 nitrogen and oxygen atoms in total. The highest BCUT2D eigenvalue weighted by molar-refractivity contribution is 5.76. The molecule has 1 aromatic heterocycles. The summed E-state index contributed by atoms with van der Waals surface area (Å²) in [6.45, 7) is 5.75. The third kappa shape index (κ3) is 2.33. The van der Waals surface area contributed by atoms with Crippen LogP contribution in [-0.4, -0.2) is 17.5 Å². The van der Waals surface area contributed by atoms with Gasteiger partial charge in [0.25, 0.3) is 5.88 Å². The van der Waals surface area contributed by atoms with E-state index in [9.17, 15) is 0 Å². The predicted molar refractivity (Wildman–Crippen MR) is 50.4 cm³/mol. The molecule has 5 heteroatoms. The van der Waals surface area contributed by atoms with Gasteiger partial charge in [0.05, 0.1) is 6.61 Å². The number of rotatable bonds is 2. The van der Waals surface area contributed by atoms with Gasteiger partial charge in [-0.1, -0.05) is 0 Å². The van der Waals surface area contributed by atoms with Crippen LogP contribution in [0.5, 0.6) is 0 Å². The van der Waals surface area contributed by atoms with Crippen LogP contribution in [0.15, 0.2) is 9.41 Å². The maximum Gasteiger partial charge on any atom is 0.260 e. The van der Waals surface area contributed by atoms with E-state index in [2.05, 4.69) is 9.98 Å². The van der Waals surface area contributed by atoms with E-state index in [0.29, 0.717) is 18.4 Å². The summed E-state index contributed by atoms with van der Waals surface area (Å²) in [5.41, 5.74) is 0.182. The molecule has 0 saturated heterocycles. The lowest BCUT2D eigenvalue weighted by Crippen LogP contribution is -1.97. The number of aliphatic imine (C=N–C) groups is 1. The van der Waals surface area contributed by atoms with Crippen LogP contribution in [0.25, 0.3) is 0 Å². The largest absolute Gasteiger partial charge is 0.481 e. The molecule has 0 aromatic carbocycles. The van der Waals surface area contributed by atoms with Crippen LogP contribution in [0.3, 0.4) is 0 Å². The zero-order chi connectivity index (χ0) is 10.6. The standard InChI is InChI=1S/C9H11N3O2/c1-4-13-6(2)12-9-8(5-10)11-7(3)14-9/h4H2,1-3H3. The lowest BCUT2D eigenvalue weighted by molar-refractivity contribution is 0.324. The molecule has 0 amide bonds. The Kier molecular flexibility index (Phi) is 3.24. The summed E-state index contributed by atoms with van der Waals surface area (Å²) < 4.78 is 10.2.